The molecule has 0 aliphatic rings. The van der Waals surface area contributed by atoms with Crippen LogP contribution in [0.1, 0.15) is 23.0 Å². The van der Waals surface area contributed by atoms with Crippen molar-refractivity contribution in [3.05, 3.63) is 28.1 Å². The molecule has 0 spiro atoms. The SMILES string of the molecule is CC(CC#N)N(C)C(=O)c1sc2cccc(Cl)c2c1N. The number of amides is 1. The molecule has 0 radical (unpaired) electrons. The minimum atomic E-state index is -0.178. The Morgan fingerprint density at radius 2 is 2.30 bits per heavy atom. The Morgan fingerprint density at radius 1 is 1.60 bits per heavy atom. The standard InChI is InChI=1S/C14H14ClN3OS/c1-8(6-7-16)18(2)14(19)13-12(17)11-9(15)4-3-5-10(11)20-13/h3-5,8H,6,17H2,1-2H3. The lowest BCUT2D eigenvalue weighted by Crippen LogP contribution is -2.34. The van der Waals surface area contributed by atoms with Crippen LogP contribution in [0.3, 0.4) is 0 Å². The quantitative estimate of drug-likeness (QED) is 0.943. The highest BCUT2D eigenvalue weighted by Gasteiger charge is 2.23. The monoisotopic (exact) mass is 307 g/mol. The lowest BCUT2D eigenvalue weighted by Gasteiger charge is -2.22. The van der Waals surface area contributed by atoms with E-state index in [0.717, 1.165) is 10.1 Å². The molecular formula is C14H14ClN3OS. The molecule has 6 heteroatoms. The Bertz CT molecular complexity index is 704. The summed E-state index contributed by atoms with van der Waals surface area (Å²) in [7, 11) is 1.68. The number of nitrogens with zero attached hydrogens (tertiary/aromatic N) is 2. The van der Waals surface area contributed by atoms with Crippen LogP contribution >= 0.6 is 22.9 Å². The van der Waals surface area contributed by atoms with Crippen LogP contribution in [0.15, 0.2) is 18.2 Å². The molecule has 2 N–H and O–H groups in total. The Hall–Kier alpha value is -1.77. The number of carbonyl (C=O) groups is 1. The van der Waals surface area contributed by atoms with Crippen LogP contribution in [-0.4, -0.2) is 23.9 Å². The van der Waals surface area contributed by atoms with E-state index < -0.39 is 0 Å². The van der Waals surface area contributed by atoms with Gasteiger partial charge >= 0.3 is 0 Å². The van der Waals surface area contributed by atoms with E-state index in [1.807, 2.05) is 19.1 Å². The first-order chi connectivity index (χ1) is 9.47. The highest BCUT2D eigenvalue weighted by Crippen LogP contribution is 2.38. The number of benzene rings is 1. The van der Waals surface area contributed by atoms with Crippen molar-refractivity contribution in [2.24, 2.45) is 0 Å². The molecule has 1 unspecified atom stereocenters. The van der Waals surface area contributed by atoms with Crippen molar-refractivity contribution in [2.45, 2.75) is 19.4 Å². The average Bonchev–Trinajstić information content (AvgIpc) is 2.76. The lowest BCUT2D eigenvalue weighted by molar-refractivity contribution is 0.0752. The van der Waals surface area contributed by atoms with Gasteiger partial charge in [0, 0.05) is 23.2 Å². The van der Waals surface area contributed by atoms with Crippen LogP contribution in [0.2, 0.25) is 5.02 Å². The van der Waals surface area contributed by atoms with E-state index >= 15 is 0 Å². The zero-order chi connectivity index (χ0) is 14.9. The van der Waals surface area contributed by atoms with E-state index in [2.05, 4.69) is 6.07 Å². The molecule has 0 fully saturated rings. The third-order valence-electron chi connectivity index (χ3n) is 3.26. The zero-order valence-corrected chi connectivity index (χ0v) is 12.8. The Morgan fingerprint density at radius 3 is 2.90 bits per heavy atom. The van der Waals surface area contributed by atoms with Crippen LogP contribution in [0.5, 0.6) is 0 Å². The normalized spacial score (nSPS) is 12.1. The second-order valence-corrected chi connectivity index (χ2v) is 6.04. The predicted molar refractivity (Wildman–Crippen MR) is 83.0 cm³/mol. The maximum atomic E-state index is 12.5. The fourth-order valence-corrected chi connectivity index (χ4v) is 3.38. The summed E-state index contributed by atoms with van der Waals surface area (Å²) in [5.41, 5.74) is 6.48. The summed E-state index contributed by atoms with van der Waals surface area (Å²) in [5.74, 6) is -0.178. The van der Waals surface area contributed by atoms with E-state index in [1.165, 1.54) is 16.2 Å². The van der Waals surface area contributed by atoms with E-state index in [0.29, 0.717) is 15.6 Å². The fourth-order valence-electron chi connectivity index (χ4n) is 1.92. The number of hydrogen-bond acceptors (Lipinski definition) is 4. The Balaban J connectivity index is 2.44. The molecule has 0 aliphatic carbocycles. The summed E-state index contributed by atoms with van der Waals surface area (Å²) in [4.78, 5) is 14.5. The lowest BCUT2D eigenvalue weighted by atomic mass is 10.2. The molecule has 0 saturated heterocycles. The van der Waals surface area contributed by atoms with E-state index in [4.69, 9.17) is 22.6 Å². The number of nitrogens with two attached hydrogens (primary N) is 1. The maximum Gasteiger partial charge on any atom is 0.266 e. The number of nitrogen functional groups attached to an aromatic ring is 1. The fraction of sp³-hybridized carbons (Fsp3) is 0.286. The van der Waals surface area contributed by atoms with Crippen molar-refractivity contribution in [2.75, 3.05) is 12.8 Å². The van der Waals surface area contributed by atoms with Crippen LogP contribution in [0.25, 0.3) is 10.1 Å². The molecule has 104 valence electrons. The van der Waals surface area contributed by atoms with Gasteiger partial charge in [0.15, 0.2) is 0 Å². The first-order valence-corrected chi connectivity index (χ1v) is 7.27. The van der Waals surface area contributed by atoms with E-state index in [9.17, 15) is 4.79 Å². The maximum absolute atomic E-state index is 12.5. The highest BCUT2D eigenvalue weighted by atomic mass is 35.5. The molecule has 2 aromatic rings. The van der Waals surface area contributed by atoms with Gasteiger partial charge in [-0.05, 0) is 19.1 Å². The van der Waals surface area contributed by atoms with Gasteiger partial charge in [-0.3, -0.25) is 4.79 Å². The molecule has 1 atom stereocenters. The number of hydrogen-bond donors (Lipinski definition) is 1. The smallest absolute Gasteiger partial charge is 0.266 e. The van der Waals surface area contributed by atoms with Gasteiger partial charge in [-0.1, -0.05) is 17.7 Å². The number of halogens is 1. The molecule has 1 heterocycles. The van der Waals surface area contributed by atoms with Gasteiger partial charge in [-0.15, -0.1) is 11.3 Å². The number of thiophene rings is 1. The second-order valence-electron chi connectivity index (χ2n) is 4.59. The zero-order valence-electron chi connectivity index (χ0n) is 11.2. The molecular weight excluding hydrogens is 294 g/mol. The van der Waals surface area contributed by atoms with Crippen molar-refractivity contribution in [3.8, 4) is 6.07 Å². The van der Waals surface area contributed by atoms with Crippen molar-refractivity contribution in [1.82, 2.24) is 4.90 Å². The molecule has 4 nitrogen and oxygen atoms in total. The van der Waals surface area contributed by atoms with Crippen molar-refractivity contribution in [1.29, 1.82) is 5.26 Å². The van der Waals surface area contributed by atoms with Crippen LogP contribution < -0.4 is 5.73 Å². The largest absolute Gasteiger partial charge is 0.397 e. The molecule has 1 aromatic carbocycles. The summed E-state index contributed by atoms with van der Waals surface area (Å²) >= 11 is 7.46. The minimum Gasteiger partial charge on any atom is -0.397 e. The molecule has 20 heavy (non-hydrogen) atoms. The predicted octanol–water partition coefficient (Wildman–Crippen LogP) is 3.51. The van der Waals surface area contributed by atoms with Gasteiger partial charge in [0.25, 0.3) is 5.91 Å². The number of rotatable bonds is 3. The molecule has 1 aromatic heterocycles. The van der Waals surface area contributed by atoms with Crippen LogP contribution in [0, 0.1) is 11.3 Å². The highest BCUT2D eigenvalue weighted by molar-refractivity contribution is 7.21. The van der Waals surface area contributed by atoms with Gasteiger partial charge in [-0.2, -0.15) is 5.26 Å². The molecule has 0 saturated carbocycles. The summed E-state index contributed by atoms with van der Waals surface area (Å²) in [6, 6.07) is 7.37. The molecule has 2 rings (SSSR count). The summed E-state index contributed by atoms with van der Waals surface area (Å²) < 4.78 is 0.889. The van der Waals surface area contributed by atoms with Gasteiger partial charge < -0.3 is 10.6 Å². The van der Waals surface area contributed by atoms with E-state index in [1.54, 1.807) is 13.1 Å². The summed E-state index contributed by atoms with van der Waals surface area (Å²) in [6.07, 6.45) is 0.286. The Labute approximate surface area is 126 Å². The van der Waals surface area contributed by atoms with Crippen molar-refractivity contribution < 1.29 is 4.79 Å². The first kappa shape index (κ1) is 14.6. The topological polar surface area (TPSA) is 70.1 Å². The molecule has 1 amide bonds. The van der Waals surface area contributed by atoms with Gasteiger partial charge in [0.2, 0.25) is 0 Å². The third-order valence-corrected chi connectivity index (χ3v) is 4.74. The molecule has 0 bridgehead atoms. The second kappa shape index (κ2) is 5.70. The number of nitriles is 1. The summed E-state index contributed by atoms with van der Waals surface area (Å²) in [6.45, 7) is 1.83. The van der Waals surface area contributed by atoms with Crippen molar-refractivity contribution in [3.63, 3.8) is 0 Å². The number of carbonyl (C=O) groups excluding carboxylic acids is 1. The molecule has 0 aliphatic heterocycles. The number of anilines is 1. The third kappa shape index (κ3) is 2.45. The van der Waals surface area contributed by atoms with Gasteiger partial charge in [-0.25, -0.2) is 0 Å². The van der Waals surface area contributed by atoms with E-state index in [-0.39, 0.29) is 18.4 Å². The Kier molecular flexibility index (Phi) is 4.17. The van der Waals surface area contributed by atoms with Crippen LogP contribution in [0.4, 0.5) is 5.69 Å². The van der Waals surface area contributed by atoms with Gasteiger partial charge in [0.05, 0.1) is 23.2 Å². The van der Waals surface area contributed by atoms with Gasteiger partial charge in [0.1, 0.15) is 4.88 Å². The first-order valence-electron chi connectivity index (χ1n) is 6.08. The minimum absolute atomic E-state index is 0.160. The van der Waals surface area contributed by atoms with Crippen LogP contribution in [-0.2, 0) is 0 Å². The van der Waals surface area contributed by atoms with Crippen molar-refractivity contribution >= 4 is 44.6 Å². The number of fused-ring (bicyclic) bond motifs is 1. The summed E-state index contributed by atoms with van der Waals surface area (Å²) in [5, 5.41) is 9.99. The average molecular weight is 308 g/mol.